The zero-order chi connectivity index (χ0) is 12.2. The Balaban J connectivity index is 2.54. The van der Waals surface area contributed by atoms with E-state index in [-0.39, 0.29) is 13.0 Å². The standard InChI is InChI=1S/C9H13BrN2O3S/c10-8-4-2-1-3-7(8)9(13)5-6-12-16(11,14)15/h1-4,9,12-13H,5-6H2,(H2,11,14,15). The van der Waals surface area contributed by atoms with Gasteiger partial charge in [-0.1, -0.05) is 34.1 Å². The first-order valence-electron chi connectivity index (χ1n) is 4.60. The van der Waals surface area contributed by atoms with Crippen LogP contribution in [-0.4, -0.2) is 20.1 Å². The minimum Gasteiger partial charge on any atom is -0.388 e. The molecule has 0 heterocycles. The normalized spacial score (nSPS) is 13.7. The molecule has 0 fully saturated rings. The van der Waals surface area contributed by atoms with Gasteiger partial charge in [0, 0.05) is 11.0 Å². The molecule has 1 aromatic carbocycles. The number of nitrogens with one attached hydrogen (secondary N) is 1. The van der Waals surface area contributed by atoms with E-state index in [9.17, 15) is 13.5 Å². The molecule has 0 bridgehead atoms. The first-order chi connectivity index (χ1) is 7.40. The fourth-order valence-corrected chi connectivity index (χ4v) is 2.19. The number of hydrogen-bond acceptors (Lipinski definition) is 3. The van der Waals surface area contributed by atoms with E-state index in [1.165, 1.54) is 0 Å². The first-order valence-corrected chi connectivity index (χ1v) is 6.94. The highest BCUT2D eigenvalue weighted by molar-refractivity contribution is 9.10. The molecule has 0 amide bonds. The van der Waals surface area contributed by atoms with Gasteiger partial charge >= 0.3 is 0 Å². The number of hydrogen-bond donors (Lipinski definition) is 3. The Hall–Kier alpha value is -0.470. The molecular formula is C9H13BrN2O3S. The van der Waals surface area contributed by atoms with Gasteiger partial charge in [-0.2, -0.15) is 8.42 Å². The molecule has 7 heteroatoms. The highest BCUT2D eigenvalue weighted by atomic mass is 79.9. The van der Waals surface area contributed by atoms with Gasteiger partial charge in [0.05, 0.1) is 6.10 Å². The van der Waals surface area contributed by atoms with Crippen molar-refractivity contribution in [3.8, 4) is 0 Å². The average Bonchev–Trinajstić information content (AvgIpc) is 2.16. The molecule has 0 aliphatic heterocycles. The monoisotopic (exact) mass is 308 g/mol. The van der Waals surface area contributed by atoms with E-state index in [4.69, 9.17) is 5.14 Å². The van der Waals surface area contributed by atoms with E-state index in [0.717, 1.165) is 10.0 Å². The van der Waals surface area contributed by atoms with Crippen molar-refractivity contribution in [3.05, 3.63) is 34.3 Å². The summed E-state index contributed by atoms with van der Waals surface area (Å²) in [4.78, 5) is 0. The van der Waals surface area contributed by atoms with Crippen LogP contribution in [0.5, 0.6) is 0 Å². The molecule has 1 unspecified atom stereocenters. The molecule has 1 rings (SSSR count). The van der Waals surface area contributed by atoms with E-state index >= 15 is 0 Å². The Morgan fingerprint density at radius 3 is 2.62 bits per heavy atom. The van der Waals surface area contributed by atoms with Crippen LogP contribution in [0.2, 0.25) is 0 Å². The van der Waals surface area contributed by atoms with E-state index in [2.05, 4.69) is 20.7 Å². The summed E-state index contributed by atoms with van der Waals surface area (Å²) in [6.07, 6.45) is -0.469. The predicted octanol–water partition coefficient (Wildman–Crippen LogP) is 0.666. The average molecular weight is 309 g/mol. The molecular weight excluding hydrogens is 296 g/mol. The summed E-state index contributed by atoms with van der Waals surface area (Å²) in [5.41, 5.74) is 0.721. The molecule has 0 aromatic heterocycles. The van der Waals surface area contributed by atoms with Crippen molar-refractivity contribution in [1.29, 1.82) is 0 Å². The number of aliphatic hydroxyl groups is 1. The molecule has 90 valence electrons. The maximum absolute atomic E-state index is 10.6. The van der Waals surface area contributed by atoms with E-state index in [0.29, 0.717) is 0 Å². The third-order valence-electron chi connectivity index (χ3n) is 1.99. The topological polar surface area (TPSA) is 92.4 Å². The van der Waals surface area contributed by atoms with E-state index in [1.54, 1.807) is 12.1 Å². The SMILES string of the molecule is NS(=O)(=O)NCCC(O)c1ccccc1Br. The molecule has 0 spiro atoms. The highest BCUT2D eigenvalue weighted by Gasteiger charge is 2.11. The van der Waals surface area contributed by atoms with Crippen molar-refractivity contribution in [2.75, 3.05) is 6.54 Å². The van der Waals surface area contributed by atoms with Crippen LogP contribution in [0.25, 0.3) is 0 Å². The molecule has 4 N–H and O–H groups in total. The summed E-state index contributed by atoms with van der Waals surface area (Å²) in [7, 11) is -3.68. The van der Waals surface area contributed by atoms with Crippen LogP contribution in [-0.2, 0) is 10.2 Å². The molecule has 0 aliphatic carbocycles. The van der Waals surface area contributed by atoms with E-state index < -0.39 is 16.3 Å². The van der Waals surface area contributed by atoms with Gasteiger partial charge < -0.3 is 5.11 Å². The molecule has 1 aromatic rings. The number of halogens is 1. The lowest BCUT2D eigenvalue weighted by Gasteiger charge is -2.12. The third kappa shape index (κ3) is 4.58. The Bertz CT molecular complexity index is 450. The summed E-state index contributed by atoms with van der Waals surface area (Å²) in [6.45, 7) is 0.0985. The van der Waals surface area contributed by atoms with Crippen LogP contribution < -0.4 is 9.86 Å². The van der Waals surface area contributed by atoms with Gasteiger partial charge in [0.1, 0.15) is 0 Å². The summed E-state index contributed by atoms with van der Waals surface area (Å²) < 4.78 is 24.1. The maximum Gasteiger partial charge on any atom is 0.274 e. The second kappa shape index (κ2) is 5.74. The van der Waals surface area contributed by atoms with Crippen molar-refractivity contribution >= 4 is 26.1 Å². The van der Waals surface area contributed by atoms with Crippen molar-refractivity contribution < 1.29 is 13.5 Å². The lowest BCUT2D eigenvalue weighted by Crippen LogP contribution is -2.32. The minimum absolute atomic E-state index is 0.0985. The quantitative estimate of drug-likeness (QED) is 0.746. The smallest absolute Gasteiger partial charge is 0.274 e. The number of rotatable bonds is 5. The summed E-state index contributed by atoms with van der Waals surface area (Å²) >= 11 is 3.30. The van der Waals surface area contributed by atoms with Crippen molar-refractivity contribution in [1.82, 2.24) is 4.72 Å². The first kappa shape index (κ1) is 13.6. The second-order valence-corrected chi connectivity index (χ2v) is 5.50. The number of aliphatic hydroxyl groups excluding tert-OH is 1. The van der Waals surface area contributed by atoms with Crippen LogP contribution >= 0.6 is 15.9 Å². The summed E-state index contributed by atoms with van der Waals surface area (Å²) in [5, 5.41) is 14.6. The second-order valence-electron chi connectivity index (χ2n) is 3.27. The van der Waals surface area contributed by atoms with Crippen LogP contribution in [0.4, 0.5) is 0 Å². The van der Waals surface area contributed by atoms with Gasteiger partial charge in [0.25, 0.3) is 10.2 Å². The Morgan fingerprint density at radius 1 is 1.44 bits per heavy atom. The summed E-state index contributed by atoms with van der Waals surface area (Å²) in [5.74, 6) is 0. The van der Waals surface area contributed by atoms with Crippen molar-refractivity contribution in [3.63, 3.8) is 0 Å². The van der Waals surface area contributed by atoms with Crippen LogP contribution in [0, 0.1) is 0 Å². The third-order valence-corrected chi connectivity index (χ3v) is 3.31. The van der Waals surface area contributed by atoms with Crippen LogP contribution in [0.3, 0.4) is 0 Å². The van der Waals surface area contributed by atoms with Crippen LogP contribution in [0.15, 0.2) is 28.7 Å². The lowest BCUT2D eigenvalue weighted by molar-refractivity contribution is 0.168. The fourth-order valence-electron chi connectivity index (χ4n) is 1.24. The minimum atomic E-state index is -3.68. The molecule has 1 atom stereocenters. The maximum atomic E-state index is 10.6. The molecule has 0 saturated heterocycles. The molecule has 0 saturated carbocycles. The number of benzene rings is 1. The van der Waals surface area contributed by atoms with Gasteiger partial charge in [-0.05, 0) is 18.1 Å². The fraction of sp³-hybridized carbons (Fsp3) is 0.333. The van der Waals surface area contributed by atoms with Crippen LogP contribution in [0.1, 0.15) is 18.1 Å². The zero-order valence-corrected chi connectivity index (χ0v) is 10.8. The van der Waals surface area contributed by atoms with E-state index in [1.807, 2.05) is 12.1 Å². The molecule has 16 heavy (non-hydrogen) atoms. The van der Waals surface area contributed by atoms with Crippen molar-refractivity contribution in [2.24, 2.45) is 5.14 Å². The van der Waals surface area contributed by atoms with Gasteiger partial charge in [-0.3, -0.25) is 0 Å². The number of nitrogens with two attached hydrogens (primary N) is 1. The highest BCUT2D eigenvalue weighted by Crippen LogP contribution is 2.24. The van der Waals surface area contributed by atoms with Gasteiger partial charge in [-0.15, -0.1) is 0 Å². The Morgan fingerprint density at radius 2 is 2.06 bits per heavy atom. The molecule has 0 aliphatic rings. The molecule has 0 radical (unpaired) electrons. The van der Waals surface area contributed by atoms with Crippen molar-refractivity contribution in [2.45, 2.75) is 12.5 Å². The molecule has 5 nitrogen and oxygen atoms in total. The summed E-state index contributed by atoms with van der Waals surface area (Å²) in [6, 6.07) is 7.22. The van der Waals surface area contributed by atoms with Gasteiger partial charge in [-0.25, -0.2) is 9.86 Å². The zero-order valence-electron chi connectivity index (χ0n) is 8.43. The van der Waals surface area contributed by atoms with Gasteiger partial charge in [0.2, 0.25) is 0 Å². The van der Waals surface area contributed by atoms with Gasteiger partial charge in [0.15, 0.2) is 0 Å². The largest absolute Gasteiger partial charge is 0.388 e. The lowest BCUT2D eigenvalue weighted by atomic mass is 10.1. The Labute approximate surface area is 103 Å². The Kier molecular flexibility index (Phi) is 4.88. The predicted molar refractivity (Wildman–Crippen MR) is 64.8 cm³/mol.